The molecule has 2 heterocycles. The van der Waals surface area contributed by atoms with Crippen LogP contribution in [0.15, 0.2) is 29.4 Å². The lowest BCUT2D eigenvalue weighted by molar-refractivity contribution is -0.176. The minimum Gasteiger partial charge on any atom is -0.347 e. The molecule has 1 saturated heterocycles. The Bertz CT molecular complexity index is 395. The van der Waals surface area contributed by atoms with Gasteiger partial charge in [-0.1, -0.05) is 0 Å². The summed E-state index contributed by atoms with van der Waals surface area (Å²) in [6.07, 6.45) is 6.38. The first-order chi connectivity index (χ1) is 8.77. The number of nitrogens with zero attached hydrogens (tertiary/aromatic N) is 1. The molecule has 2 N–H and O–H groups in total. The van der Waals surface area contributed by atoms with E-state index in [-0.39, 0.29) is 11.8 Å². The van der Waals surface area contributed by atoms with Gasteiger partial charge in [-0.3, -0.25) is 4.98 Å². The number of ether oxygens (including phenoxy) is 2. The molecule has 98 valence electrons. The Hall–Kier alpha value is -0.620. The normalized spacial score (nSPS) is 30.7. The summed E-state index contributed by atoms with van der Waals surface area (Å²) in [6.45, 7) is 1.42. The van der Waals surface area contributed by atoms with E-state index >= 15 is 0 Å². The van der Waals surface area contributed by atoms with Crippen molar-refractivity contribution < 1.29 is 9.47 Å². The highest BCUT2D eigenvalue weighted by atomic mass is 32.2. The third-order valence-corrected chi connectivity index (χ3v) is 4.96. The van der Waals surface area contributed by atoms with E-state index in [9.17, 15) is 0 Å². The highest BCUT2D eigenvalue weighted by Gasteiger charge is 2.44. The fourth-order valence-electron chi connectivity index (χ4n) is 2.61. The van der Waals surface area contributed by atoms with Crippen LogP contribution in [-0.4, -0.2) is 35.3 Å². The van der Waals surface area contributed by atoms with Crippen LogP contribution < -0.4 is 5.73 Å². The molecule has 3 rings (SSSR count). The van der Waals surface area contributed by atoms with Gasteiger partial charge in [0, 0.05) is 41.4 Å². The van der Waals surface area contributed by atoms with Crippen molar-refractivity contribution in [2.45, 2.75) is 41.2 Å². The number of nitrogens with two attached hydrogens (primary N) is 1. The molecule has 0 amide bonds. The molecule has 18 heavy (non-hydrogen) atoms. The second-order valence-electron chi connectivity index (χ2n) is 4.85. The van der Waals surface area contributed by atoms with Gasteiger partial charge in [0.15, 0.2) is 5.79 Å². The molecule has 0 bridgehead atoms. The van der Waals surface area contributed by atoms with E-state index in [0.29, 0.717) is 18.5 Å². The SMILES string of the molecule is NC1CCC2(CC1Sc1ccncc1)OCCO2. The fourth-order valence-corrected chi connectivity index (χ4v) is 3.89. The molecule has 4 nitrogen and oxygen atoms in total. The van der Waals surface area contributed by atoms with Crippen LogP contribution in [0.1, 0.15) is 19.3 Å². The van der Waals surface area contributed by atoms with Crippen molar-refractivity contribution in [1.29, 1.82) is 0 Å². The summed E-state index contributed by atoms with van der Waals surface area (Å²) in [5, 5.41) is 0.347. The summed E-state index contributed by atoms with van der Waals surface area (Å²) in [4.78, 5) is 5.24. The van der Waals surface area contributed by atoms with Crippen LogP contribution in [-0.2, 0) is 9.47 Å². The van der Waals surface area contributed by atoms with Crippen LogP contribution in [0.2, 0.25) is 0 Å². The Morgan fingerprint density at radius 1 is 1.28 bits per heavy atom. The molecule has 0 aromatic carbocycles. The highest BCUT2D eigenvalue weighted by molar-refractivity contribution is 8.00. The van der Waals surface area contributed by atoms with Crippen molar-refractivity contribution in [3.63, 3.8) is 0 Å². The Balaban J connectivity index is 1.70. The monoisotopic (exact) mass is 266 g/mol. The molecule has 2 fully saturated rings. The van der Waals surface area contributed by atoms with Crippen molar-refractivity contribution in [2.75, 3.05) is 13.2 Å². The van der Waals surface area contributed by atoms with Gasteiger partial charge >= 0.3 is 0 Å². The molecule has 5 heteroatoms. The quantitative estimate of drug-likeness (QED) is 0.884. The molecule has 0 radical (unpaired) electrons. The molecular formula is C13H18N2O2S. The number of pyridine rings is 1. The maximum absolute atomic E-state index is 6.23. The molecule has 1 saturated carbocycles. The van der Waals surface area contributed by atoms with Crippen LogP contribution in [0.5, 0.6) is 0 Å². The molecule has 1 aliphatic carbocycles. The maximum Gasteiger partial charge on any atom is 0.169 e. The van der Waals surface area contributed by atoms with Gasteiger partial charge in [-0.25, -0.2) is 0 Å². The Morgan fingerprint density at radius 3 is 2.72 bits per heavy atom. The van der Waals surface area contributed by atoms with Crippen LogP contribution in [0, 0.1) is 0 Å². The van der Waals surface area contributed by atoms with Gasteiger partial charge in [-0.05, 0) is 18.6 Å². The van der Waals surface area contributed by atoms with E-state index < -0.39 is 0 Å². The lowest BCUT2D eigenvalue weighted by Gasteiger charge is -2.39. The molecule has 2 atom stereocenters. The third-order valence-electron chi connectivity index (χ3n) is 3.60. The summed E-state index contributed by atoms with van der Waals surface area (Å²) in [7, 11) is 0. The van der Waals surface area contributed by atoms with E-state index in [1.165, 1.54) is 4.90 Å². The lowest BCUT2D eigenvalue weighted by Crippen LogP contribution is -2.47. The van der Waals surface area contributed by atoms with Crippen molar-refractivity contribution in [3.05, 3.63) is 24.5 Å². The molecule has 1 aromatic rings. The second kappa shape index (κ2) is 5.17. The fraction of sp³-hybridized carbons (Fsp3) is 0.615. The predicted molar refractivity (Wildman–Crippen MR) is 70.3 cm³/mol. The van der Waals surface area contributed by atoms with E-state index in [4.69, 9.17) is 15.2 Å². The van der Waals surface area contributed by atoms with Crippen LogP contribution >= 0.6 is 11.8 Å². The zero-order valence-corrected chi connectivity index (χ0v) is 11.1. The third kappa shape index (κ3) is 2.54. The predicted octanol–water partition coefficient (Wildman–Crippen LogP) is 1.80. The average Bonchev–Trinajstić information content (AvgIpc) is 2.84. The molecule has 1 aliphatic heterocycles. The Labute approximate surface area is 111 Å². The number of hydrogen-bond donors (Lipinski definition) is 1. The maximum atomic E-state index is 6.23. The van der Waals surface area contributed by atoms with Gasteiger partial charge in [0.2, 0.25) is 0 Å². The smallest absolute Gasteiger partial charge is 0.169 e. The summed E-state index contributed by atoms with van der Waals surface area (Å²) in [5.41, 5.74) is 6.23. The topological polar surface area (TPSA) is 57.4 Å². The van der Waals surface area contributed by atoms with Crippen molar-refractivity contribution in [1.82, 2.24) is 4.98 Å². The van der Waals surface area contributed by atoms with Gasteiger partial charge in [-0.15, -0.1) is 11.8 Å². The molecule has 1 spiro atoms. The minimum absolute atomic E-state index is 0.210. The summed E-state index contributed by atoms with van der Waals surface area (Å²) in [5.74, 6) is -0.361. The first kappa shape index (κ1) is 12.4. The van der Waals surface area contributed by atoms with Gasteiger partial charge in [0.25, 0.3) is 0 Å². The van der Waals surface area contributed by atoms with Gasteiger partial charge < -0.3 is 15.2 Å². The van der Waals surface area contributed by atoms with Crippen molar-refractivity contribution in [2.24, 2.45) is 5.73 Å². The highest BCUT2D eigenvalue weighted by Crippen LogP contribution is 2.41. The van der Waals surface area contributed by atoms with Crippen molar-refractivity contribution >= 4 is 11.8 Å². The largest absolute Gasteiger partial charge is 0.347 e. The Kier molecular flexibility index (Phi) is 3.56. The van der Waals surface area contributed by atoms with Gasteiger partial charge in [-0.2, -0.15) is 0 Å². The first-order valence-electron chi connectivity index (χ1n) is 6.38. The summed E-state index contributed by atoms with van der Waals surface area (Å²) in [6, 6.07) is 4.26. The standard InChI is InChI=1S/C13H18N2O2S/c14-11-1-4-13(16-7-8-17-13)9-12(11)18-10-2-5-15-6-3-10/h2-3,5-6,11-12H,1,4,7-9,14H2. The van der Waals surface area contributed by atoms with Gasteiger partial charge in [0.05, 0.1) is 13.2 Å². The van der Waals surface area contributed by atoms with E-state index in [0.717, 1.165) is 19.3 Å². The zero-order valence-electron chi connectivity index (χ0n) is 10.2. The van der Waals surface area contributed by atoms with E-state index in [2.05, 4.69) is 4.98 Å². The number of hydrogen-bond acceptors (Lipinski definition) is 5. The Morgan fingerprint density at radius 2 is 2.00 bits per heavy atom. The van der Waals surface area contributed by atoms with E-state index in [1.807, 2.05) is 36.3 Å². The summed E-state index contributed by atoms with van der Waals surface area (Å²) >= 11 is 1.81. The zero-order chi connectivity index (χ0) is 12.4. The van der Waals surface area contributed by atoms with Crippen LogP contribution in [0.3, 0.4) is 0 Å². The van der Waals surface area contributed by atoms with Crippen molar-refractivity contribution in [3.8, 4) is 0 Å². The second-order valence-corrected chi connectivity index (χ2v) is 6.17. The lowest BCUT2D eigenvalue weighted by atomic mass is 9.90. The first-order valence-corrected chi connectivity index (χ1v) is 7.26. The number of thioether (sulfide) groups is 1. The number of aromatic nitrogens is 1. The molecular weight excluding hydrogens is 248 g/mol. The number of rotatable bonds is 2. The van der Waals surface area contributed by atoms with Crippen LogP contribution in [0.25, 0.3) is 0 Å². The molecule has 2 unspecified atom stereocenters. The van der Waals surface area contributed by atoms with Gasteiger partial charge in [0.1, 0.15) is 0 Å². The molecule has 2 aliphatic rings. The minimum atomic E-state index is -0.361. The molecule has 1 aromatic heterocycles. The summed E-state index contributed by atoms with van der Waals surface area (Å²) < 4.78 is 11.6. The van der Waals surface area contributed by atoms with E-state index in [1.54, 1.807) is 0 Å². The van der Waals surface area contributed by atoms with Crippen LogP contribution in [0.4, 0.5) is 0 Å². The average molecular weight is 266 g/mol.